The first-order valence-electron chi connectivity index (χ1n) is 6.55. The number of anilines is 1. The lowest BCUT2D eigenvalue weighted by molar-refractivity contribution is 0.0961. The Morgan fingerprint density at radius 3 is 2.63 bits per heavy atom. The van der Waals surface area contributed by atoms with E-state index in [0.717, 1.165) is 17.3 Å². The first-order chi connectivity index (χ1) is 8.87. The van der Waals surface area contributed by atoms with Crippen molar-refractivity contribution in [2.24, 2.45) is 5.41 Å². The molecule has 19 heavy (non-hydrogen) atoms. The molecule has 0 atom stereocenters. The molecule has 1 aromatic heterocycles. The minimum absolute atomic E-state index is 0.0624. The van der Waals surface area contributed by atoms with Crippen molar-refractivity contribution in [3.8, 4) is 0 Å². The van der Waals surface area contributed by atoms with Gasteiger partial charge in [0.1, 0.15) is 5.69 Å². The fourth-order valence-corrected chi connectivity index (χ4v) is 1.96. The Hall–Kier alpha value is -1.90. The summed E-state index contributed by atoms with van der Waals surface area (Å²) in [6.45, 7) is 6.38. The maximum absolute atomic E-state index is 12.2. The number of hydrogen-bond acceptors (Lipinski definition) is 3. The van der Waals surface area contributed by atoms with E-state index in [2.05, 4.69) is 25.8 Å². The van der Waals surface area contributed by atoms with Gasteiger partial charge in [0.2, 0.25) is 0 Å². The van der Waals surface area contributed by atoms with E-state index < -0.39 is 0 Å². The molecule has 0 bridgehead atoms. The van der Waals surface area contributed by atoms with Crippen LogP contribution in [0, 0.1) is 5.41 Å². The number of pyridine rings is 1. The van der Waals surface area contributed by atoms with Gasteiger partial charge in [0, 0.05) is 17.5 Å². The lowest BCUT2D eigenvalue weighted by atomic mass is 9.89. The molecule has 0 amide bonds. The number of Topliss-reactive ketones (excluding diaryl/α,β-unsaturated/α-hetero) is 1. The second kappa shape index (κ2) is 5.00. The molecule has 2 aromatic rings. The van der Waals surface area contributed by atoms with Gasteiger partial charge in [-0.1, -0.05) is 39.0 Å². The number of nitrogens with two attached hydrogens (primary N) is 1. The van der Waals surface area contributed by atoms with Crippen LogP contribution in [-0.2, 0) is 0 Å². The van der Waals surface area contributed by atoms with E-state index in [4.69, 9.17) is 5.73 Å². The number of para-hydroxylation sites is 1. The summed E-state index contributed by atoms with van der Waals surface area (Å²) in [6.07, 6.45) is 1.36. The number of rotatable bonds is 3. The SMILES string of the molecule is CC(C)(C)CCC(=O)c1cc(N)c2ccccc2n1. The summed E-state index contributed by atoms with van der Waals surface area (Å²) in [7, 11) is 0. The molecular formula is C16H20N2O. The summed E-state index contributed by atoms with van der Waals surface area (Å²) < 4.78 is 0. The van der Waals surface area contributed by atoms with Crippen molar-refractivity contribution < 1.29 is 4.79 Å². The molecular weight excluding hydrogens is 236 g/mol. The summed E-state index contributed by atoms with van der Waals surface area (Å²) in [6, 6.07) is 9.31. The van der Waals surface area contributed by atoms with E-state index in [1.165, 1.54) is 0 Å². The van der Waals surface area contributed by atoms with Gasteiger partial charge < -0.3 is 5.73 Å². The normalized spacial score (nSPS) is 11.7. The first-order valence-corrected chi connectivity index (χ1v) is 6.55. The van der Waals surface area contributed by atoms with Crippen LogP contribution in [0.15, 0.2) is 30.3 Å². The summed E-state index contributed by atoms with van der Waals surface area (Å²) in [5.41, 5.74) is 8.00. The third-order valence-electron chi connectivity index (χ3n) is 3.14. The molecule has 2 N–H and O–H groups in total. The van der Waals surface area contributed by atoms with Crippen molar-refractivity contribution in [3.63, 3.8) is 0 Å². The fourth-order valence-electron chi connectivity index (χ4n) is 1.96. The Balaban J connectivity index is 2.28. The predicted octanol–water partition coefficient (Wildman–Crippen LogP) is 3.83. The Morgan fingerprint density at radius 2 is 1.95 bits per heavy atom. The third kappa shape index (κ3) is 3.31. The number of carbonyl (C=O) groups is 1. The zero-order chi connectivity index (χ0) is 14.0. The van der Waals surface area contributed by atoms with Crippen molar-refractivity contribution in [2.45, 2.75) is 33.6 Å². The van der Waals surface area contributed by atoms with Gasteiger partial charge in [-0.05, 0) is 24.0 Å². The molecule has 3 heteroatoms. The molecule has 0 saturated carbocycles. The number of benzene rings is 1. The van der Waals surface area contributed by atoms with Crippen LogP contribution in [0.2, 0.25) is 0 Å². The zero-order valence-corrected chi connectivity index (χ0v) is 11.7. The number of ketones is 1. The second-order valence-corrected chi connectivity index (χ2v) is 6.10. The number of nitrogens with zero attached hydrogens (tertiary/aromatic N) is 1. The minimum Gasteiger partial charge on any atom is -0.398 e. The Bertz CT molecular complexity index is 612. The summed E-state index contributed by atoms with van der Waals surface area (Å²) in [4.78, 5) is 16.6. The maximum Gasteiger partial charge on any atom is 0.181 e. The van der Waals surface area contributed by atoms with E-state index in [9.17, 15) is 4.79 Å². The van der Waals surface area contributed by atoms with Gasteiger partial charge >= 0.3 is 0 Å². The van der Waals surface area contributed by atoms with Crippen LogP contribution in [0.3, 0.4) is 0 Å². The highest BCUT2D eigenvalue weighted by Gasteiger charge is 2.16. The largest absolute Gasteiger partial charge is 0.398 e. The topological polar surface area (TPSA) is 56.0 Å². The summed E-state index contributed by atoms with van der Waals surface area (Å²) in [5.74, 6) is 0.0624. The molecule has 100 valence electrons. The van der Waals surface area contributed by atoms with Crippen molar-refractivity contribution in [1.82, 2.24) is 4.98 Å². The molecule has 0 spiro atoms. The number of fused-ring (bicyclic) bond motifs is 1. The molecule has 0 aliphatic heterocycles. The van der Waals surface area contributed by atoms with Gasteiger partial charge in [0.05, 0.1) is 5.52 Å². The minimum atomic E-state index is 0.0624. The molecule has 3 nitrogen and oxygen atoms in total. The van der Waals surface area contributed by atoms with Gasteiger partial charge in [0.25, 0.3) is 0 Å². The number of hydrogen-bond donors (Lipinski definition) is 1. The van der Waals surface area contributed by atoms with Crippen LogP contribution in [0.4, 0.5) is 5.69 Å². The van der Waals surface area contributed by atoms with Crippen LogP contribution in [0.1, 0.15) is 44.1 Å². The van der Waals surface area contributed by atoms with Gasteiger partial charge in [-0.25, -0.2) is 4.98 Å². The Morgan fingerprint density at radius 1 is 1.26 bits per heavy atom. The molecule has 1 aromatic carbocycles. The summed E-state index contributed by atoms with van der Waals surface area (Å²) in [5, 5.41) is 0.898. The van der Waals surface area contributed by atoms with Crippen molar-refractivity contribution >= 4 is 22.4 Å². The lowest BCUT2D eigenvalue weighted by Gasteiger charge is -2.17. The zero-order valence-electron chi connectivity index (χ0n) is 11.7. The molecule has 0 fully saturated rings. The monoisotopic (exact) mass is 256 g/mol. The van der Waals surface area contributed by atoms with Crippen LogP contribution in [0.25, 0.3) is 10.9 Å². The van der Waals surface area contributed by atoms with Crippen LogP contribution in [-0.4, -0.2) is 10.8 Å². The molecule has 2 rings (SSSR count). The van der Waals surface area contributed by atoms with Crippen LogP contribution in [0.5, 0.6) is 0 Å². The Labute approximate surface area is 113 Å². The maximum atomic E-state index is 12.2. The number of nitrogen functional groups attached to an aromatic ring is 1. The smallest absolute Gasteiger partial charge is 0.181 e. The number of carbonyl (C=O) groups excluding carboxylic acids is 1. The molecule has 0 aliphatic carbocycles. The van der Waals surface area contributed by atoms with Crippen LogP contribution < -0.4 is 5.73 Å². The molecule has 0 radical (unpaired) electrons. The predicted molar refractivity (Wildman–Crippen MR) is 79.2 cm³/mol. The van der Waals surface area contributed by atoms with Gasteiger partial charge in [-0.3, -0.25) is 4.79 Å². The quantitative estimate of drug-likeness (QED) is 0.849. The second-order valence-electron chi connectivity index (χ2n) is 6.10. The van der Waals surface area contributed by atoms with E-state index in [0.29, 0.717) is 17.8 Å². The highest BCUT2D eigenvalue weighted by atomic mass is 16.1. The van der Waals surface area contributed by atoms with Gasteiger partial charge in [-0.2, -0.15) is 0 Å². The Kier molecular flexibility index (Phi) is 3.56. The lowest BCUT2D eigenvalue weighted by Crippen LogP contribution is -2.10. The van der Waals surface area contributed by atoms with E-state index in [-0.39, 0.29) is 11.2 Å². The first kappa shape index (κ1) is 13.5. The van der Waals surface area contributed by atoms with Crippen molar-refractivity contribution in [1.29, 1.82) is 0 Å². The van der Waals surface area contributed by atoms with E-state index >= 15 is 0 Å². The highest BCUT2D eigenvalue weighted by molar-refractivity contribution is 6.00. The average molecular weight is 256 g/mol. The van der Waals surface area contributed by atoms with E-state index in [1.807, 2.05) is 24.3 Å². The molecule has 0 aliphatic rings. The molecule has 1 heterocycles. The number of aromatic nitrogens is 1. The molecule has 0 saturated heterocycles. The molecule has 0 unspecified atom stereocenters. The van der Waals surface area contributed by atoms with Gasteiger partial charge in [0.15, 0.2) is 5.78 Å². The standard InChI is InChI=1S/C16H20N2O/c1-16(2,3)9-8-15(19)14-10-12(17)11-6-4-5-7-13(11)18-14/h4-7,10H,8-9H2,1-3H3,(H2,17,18). The van der Waals surface area contributed by atoms with Gasteiger partial charge in [-0.15, -0.1) is 0 Å². The third-order valence-corrected chi connectivity index (χ3v) is 3.14. The fraction of sp³-hybridized carbons (Fsp3) is 0.375. The highest BCUT2D eigenvalue weighted by Crippen LogP contribution is 2.24. The van der Waals surface area contributed by atoms with Crippen molar-refractivity contribution in [2.75, 3.05) is 5.73 Å². The van der Waals surface area contributed by atoms with Crippen LogP contribution >= 0.6 is 0 Å². The summed E-state index contributed by atoms with van der Waals surface area (Å²) >= 11 is 0. The average Bonchev–Trinajstić information content (AvgIpc) is 2.35. The van der Waals surface area contributed by atoms with Crippen molar-refractivity contribution in [3.05, 3.63) is 36.0 Å². The van der Waals surface area contributed by atoms with E-state index in [1.54, 1.807) is 6.07 Å².